The van der Waals surface area contributed by atoms with Gasteiger partial charge in [-0.3, -0.25) is 9.59 Å². The number of H-pyrrole nitrogens is 1. The van der Waals surface area contributed by atoms with Crippen molar-refractivity contribution >= 4 is 11.9 Å². The Kier molecular flexibility index (Phi) is 4.45. The second kappa shape index (κ2) is 6.11. The predicted molar refractivity (Wildman–Crippen MR) is 77.4 cm³/mol. The Labute approximate surface area is 122 Å². The number of aromatic amines is 1. The molecule has 0 saturated heterocycles. The van der Waals surface area contributed by atoms with Gasteiger partial charge < -0.3 is 15.4 Å². The van der Waals surface area contributed by atoms with E-state index in [1.165, 1.54) is 0 Å². The molecule has 1 atom stereocenters. The van der Waals surface area contributed by atoms with E-state index < -0.39 is 23.5 Å². The molecule has 0 saturated carbocycles. The molecule has 114 valence electrons. The number of carbonyl (C=O) groups excluding carboxylic acids is 1. The zero-order valence-corrected chi connectivity index (χ0v) is 12.2. The summed E-state index contributed by atoms with van der Waals surface area (Å²) in [4.78, 5) is 38.0. The number of rotatable bonds is 4. The highest BCUT2D eigenvalue weighted by Gasteiger charge is 2.25. The average molecular weight is 292 g/mol. The first-order valence-corrected chi connectivity index (χ1v) is 7.19. The highest BCUT2D eigenvalue weighted by atomic mass is 16.4. The molecule has 0 aromatic carbocycles. The summed E-state index contributed by atoms with van der Waals surface area (Å²) in [7, 11) is 0. The number of hydrogen-bond acceptors (Lipinski definition) is 3. The first-order valence-electron chi connectivity index (χ1n) is 7.19. The summed E-state index contributed by atoms with van der Waals surface area (Å²) < 4.78 is 0. The molecule has 21 heavy (non-hydrogen) atoms. The second-order valence-electron chi connectivity index (χ2n) is 5.76. The van der Waals surface area contributed by atoms with Gasteiger partial charge in [-0.2, -0.15) is 0 Å². The van der Waals surface area contributed by atoms with Crippen molar-refractivity contribution in [2.45, 2.75) is 45.6 Å². The minimum Gasteiger partial charge on any atom is -0.480 e. The number of carboxylic acid groups (broad SMARTS) is 1. The van der Waals surface area contributed by atoms with Gasteiger partial charge in [0, 0.05) is 5.69 Å². The van der Waals surface area contributed by atoms with Gasteiger partial charge in [0.25, 0.3) is 11.5 Å². The zero-order valence-electron chi connectivity index (χ0n) is 12.2. The van der Waals surface area contributed by atoms with Gasteiger partial charge in [0.15, 0.2) is 0 Å². The van der Waals surface area contributed by atoms with Crippen LogP contribution in [0.3, 0.4) is 0 Å². The maximum atomic E-state index is 12.2. The zero-order chi connectivity index (χ0) is 15.6. The molecule has 0 aliphatic heterocycles. The van der Waals surface area contributed by atoms with E-state index in [0.717, 1.165) is 36.9 Å². The van der Waals surface area contributed by atoms with Gasteiger partial charge >= 0.3 is 5.97 Å². The molecule has 3 N–H and O–H groups in total. The van der Waals surface area contributed by atoms with Crippen molar-refractivity contribution in [1.82, 2.24) is 10.3 Å². The van der Waals surface area contributed by atoms with Crippen molar-refractivity contribution < 1.29 is 14.7 Å². The molecule has 0 bridgehead atoms. The van der Waals surface area contributed by atoms with E-state index in [0.29, 0.717) is 0 Å². The SMILES string of the molecule is CC(C)[C@@H](NC(=O)c1cc2c([nH]c1=O)CCCC2)C(=O)O. The Morgan fingerprint density at radius 1 is 1.29 bits per heavy atom. The summed E-state index contributed by atoms with van der Waals surface area (Å²) >= 11 is 0. The van der Waals surface area contributed by atoms with Crippen LogP contribution >= 0.6 is 0 Å². The highest BCUT2D eigenvalue weighted by Crippen LogP contribution is 2.18. The van der Waals surface area contributed by atoms with Crippen molar-refractivity contribution in [3.63, 3.8) is 0 Å². The quantitative estimate of drug-likeness (QED) is 0.773. The number of nitrogens with one attached hydrogen (secondary N) is 2. The number of aryl methyl sites for hydroxylation is 2. The molecule has 1 heterocycles. The van der Waals surface area contributed by atoms with Crippen molar-refractivity contribution in [3.05, 3.63) is 33.2 Å². The fourth-order valence-corrected chi connectivity index (χ4v) is 2.58. The predicted octanol–water partition coefficient (Wildman–Crippen LogP) is 1.09. The standard InChI is InChI=1S/C15H20N2O4/c1-8(2)12(15(20)21)17-14(19)10-7-9-5-3-4-6-11(9)16-13(10)18/h7-8,12H,3-6H2,1-2H3,(H,16,18)(H,17,19)(H,20,21)/t12-/m1/s1. The summed E-state index contributed by atoms with van der Waals surface area (Å²) in [6.07, 6.45) is 3.71. The first kappa shape index (κ1) is 15.3. The molecule has 0 radical (unpaired) electrons. The number of aromatic nitrogens is 1. The molecule has 0 unspecified atom stereocenters. The third kappa shape index (κ3) is 3.32. The summed E-state index contributed by atoms with van der Waals surface area (Å²) in [5.74, 6) is -2.00. The van der Waals surface area contributed by atoms with Crippen molar-refractivity contribution in [2.75, 3.05) is 0 Å². The maximum Gasteiger partial charge on any atom is 0.326 e. The lowest BCUT2D eigenvalue weighted by Crippen LogP contribution is -2.45. The monoisotopic (exact) mass is 292 g/mol. The lowest BCUT2D eigenvalue weighted by molar-refractivity contribution is -0.140. The number of hydrogen-bond donors (Lipinski definition) is 3. The minimum atomic E-state index is -1.10. The van der Waals surface area contributed by atoms with Gasteiger partial charge in [-0.15, -0.1) is 0 Å². The molecule has 1 aliphatic rings. The molecular weight excluding hydrogens is 272 g/mol. The van der Waals surface area contributed by atoms with Gasteiger partial charge in [0.05, 0.1) is 0 Å². The number of fused-ring (bicyclic) bond motifs is 1. The molecule has 2 rings (SSSR count). The number of pyridine rings is 1. The van der Waals surface area contributed by atoms with E-state index in [-0.39, 0.29) is 11.5 Å². The molecule has 6 heteroatoms. The van der Waals surface area contributed by atoms with Crippen molar-refractivity contribution in [1.29, 1.82) is 0 Å². The van der Waals surface area contributed by atoms with Crippen LogP contribution in [0, 0.1) is 5.92 Å². The first-order chi connectivity index (χ1) is 9.90. The molecule has 1 aliphatic carbocycles. The molecule has 0 spiro atoms. The summed E-state index contributed by atoms with van der Waals surface area (Å²) in [6.45, 7) is 3.41. The van der Waals surface area contributed by atoms with E-state index in [2.05, 4.69) is 10.3 Å². The summed E-state index contributed by atoms with van der Waals surface area (Å²) in [6, 6.07) is 0.593. The number of carbonyl (C=O) groups is 2. The lowest BCUT2D eigenvalue weighted by Gasteiger charge is -2.19. The van der Waals surface area contributed by atoms with Crippen LogP contribution in [-0.4, -0.2) is 28.0 Å². The number of aliphatic carboxylic acids is 1. The van der Waals surface area contributed by atoms with Gasteiger partial charge in [-0.25, -0.2) is 4.79 Å². The Hall–Kier alpha value is -2.11. The van der Waals surface area contributed by atoms with Crippen LogP contribution in [0.15, 0.2) is 10.9 Å². The van der Waals surface area contributed by atoms with Crippen LogP contribution < -0.4 is 10.9 Å². The Bertz CT molecular complexity index is 619. The number of amides is 1. The molecule has 0 fully saturated rings. The Morgan fingerprint density at radius 2 is 1.95 bits per heavy atom. The molecular formula is C15H20N2O4. The summed E-state index contributed by atoms with van der Waals surface area (Å²) in [5.41, 5.74) is 1.40. The third-order valence-electron chi connectivity index (χ3n) is 3.80. The largest absolute Gasteiger partial charge is 0.480 e. The Morgan fingerprint density at radius 3 is 2.57 bits per heavy atom. The maximum absolute atomic E-state index is 12.2. The summed E-state index contributed by atoms with van der Waals surface area (Å²) in [5, 5.41) is 11.5. The molecule has 6 nitrogen and oxygen atoms in total. The highest BCUT2D eigenvalue weighted by molar-refractivity contribution is 5.96. The minimum absolute atomic E-state index is 0.0115. The molecule has 1 aromatic rings. The van der Waals surface area contributed by atoms with Crippen molar-refractivity contribution in [2.24, 2.45) is 5.92 Å². The van der Waals surface area contributed by atoms with Crippen LogP contribution in [0.2, 0.25) is 0 Å². The van der Waals surface area contributed by atoms with E-state index in [9.17, 15) is 14.4 Å². The van der Waals surface area contributed by atoms with Crippen LogP contribution in [-0.2, 0) is 17.6 Å². The lowest BCUT2D eigenvalue weighted by atomic mass is 9.95. The van der Waals surface area contributed by atoms with Gasteiger partial charge in [0.2, 0.25) is 0 Å². The molecule has 1 aromatic heterocycles. The third-order valence-corrected chi connectivity index (χ3v) is 3.80. The van der Waals surface area contributed by atoms with Crippen LogP contribution in [0.4, 0.5) is 0 Å². The van der Waals surface area contributed by atoms with E-state index >= 15 is 0 Å². The average Bonchev–Trinajstić information content (AvgIpc) is 2.43. The fraction of sp³-hybridized carbons (Fsp3) is 0.533. The van der Waals surface area contributed by atoms with E-state index in [1.54, 1.807) is 19.9 Å². The second-order valence-corrected chi connectivity index (χ2v) is 5.76. The van der Waals surface area contributed by atoms with Gasteiger partial charge in [-0.1, -0.05) is 13.8 Å². The number of carboxylic acids is 1. The van der Waals surface area contributed by atoms with Gasteiger partial charge in [-0.05, 0) is 43.2 Å². The van der Waals surface area contributed by atoms with Crippen molar-refractivity contribution in [3.8, 4) is 0 Å². The topological polar surface area (TPSA) is 99.3 Å². The van der Waals surface area contributed by atoms with Crippen LogP contribution in [0.1, 0.15) is 48.3 Å². The van der Waals surface area contributed by atoms with E-state index in [4.69, 9.17) is 5.11 Å². The fourth-order valence-electron chi connectivity index (χ4n) is 2.58. The van der Waals surface area contributed by atoms with E-state index in [1.807, 2.05) is 0 Å². The Balaban J connectivity index is 2.27. The van der Waals surface area contributed by atoms with Crippen LogP contribution in [0.5, 0.6) is 0 Å². The van der Waals surface area contributed by atoms with Crippen LogP contribution in [0.25, 0.3) is 0 Å². The molecule has 1 amide bonds. The normalized spacial score (nSPS) is 15.4. The smallest absolute Gasteiger partial charge is 0.326 e. The van der Waals surface area contributed by atoms with Gasteiger partial charge in [0.1, 0.15) is 11.6 Å².